The Morgan fingerprint density at radius 1 is 1.15 bits per heavy atom. The SMILES string of the molecule is N#Cc1ccnc(C(=O)NCCCNC(=O)c2cc(-c3cccs3)on2)c1. The molecule has 0 atom stereocenters. The molecule has 2 N–H and O–H groups in total. The molecule has 0 aliphatic heterocycles. The molecule has 0 bridgehead atoms. The zero-order chi connectivity index (χ0) is 19.1. The van der Waals surface area contributed by atoms with Crippen LogP contribution in [0.1, 0.15) is 33.0 Å². The van der Waals surface area contributed by atoms with Crippen LogP contribution in [0.2, 0.25) is 0 Å². The third-order valence-corrected chi connectivity index (χ3v) is 4.44. The molecule has 0 saturated heterocycles. The highest BCUT2D eigenvalue weighted by Crippen LogP contribution is 2.24. The summed E-state index contributed by atoms with van der Waals surface area (Å²) in [6.45, 7) is 0.725. The molecule has 8 nitrogen and oxygen atoms in total. The summed E-state index contributed by atoms with van der Waals surface area (Å²) in [5.74, 6) is -0.152. The van der Waals surface area contributed by atoms with Crippen LogP contribution in [0.3, 0.4) is 0 Å². The van der Waals surface area contributed by atoms with Crippen LogP contribution < -0.4 is 10.6 Å². The maximum atomic E-state index is 12.1. The summed E-state index contributed by atoms with van der Waals surface area (Å²) < 4.78 is 5.17. The van der Waals surface area contributed by atoms with Gasteiger partial charge in [-0.05, 0) is 30.0 Å². The second kappa shape index (κ2) is 8.73. The van der Waals surface area contributed by atoms with Crippen molar-refractivity contribution in [3.63, 3.8) is 0 Å². The van der Waals surface area contributed by atoms with E-state index in [4.69, 9.17) is 9.78 Å². The van der Waals surface area contributed by atoms with Crippen molar-refractivity contribution in [1.29, 1.82) is 5.26 Å². The second-order valence-corrected chi connectivity index (χ2v) is 6.41. The summed E-state index contributed by atoms with van der Waals surface area (Å²) in [5, 5.41) is 19.9. The molecule has 3 aromatic rings. The van der Waals surface area contributed by atoms with E-state index in [1.165, 1.54) is 29.7 Å². The number of hydrogen-bond acceptors (Lipinski definition) is 7. The molecule has 0 radical (unpaired) electrons. The Labute approximate surface area is 158 Å². The van der Waals surface area contributed by atoms with E-state index in [0.717, 1.165) is 4.88 Å². The van der Waals surface area contributed by atoms with Crippen molar-refractivity contribution in [3.8, 4) is 16.7 Å². The number of rotatable bonds is 7. The lowest BCUT2D eigenvalue weighted by Gasteiger charge is -2.05. The molecule has 27 heavy (non-hydrogen) atoms. The largest absolute Gasteiger partial charge is 0.355 e. The quantitative estimate of drug-likeness (QED) is 0.605. The summed E-state index contributed by atoms with van der Waals surface area (Å²) in [4.78, 5) is 28.8. The van der Waals surface area contributed by atoms with E-state index in [9.17, 15) is 9.59 Å². The van der Waals surface area contributed by atoms with Crippen molar-refractivity contribution in [1.82, 2.24) is 20.8 Å². The fourth-order valence-corrected chi connectivity index (χ4v) is 2.89. The highest BCUT2D eigenvalue weighted by molar-refractivity contribution is 7.13. The molecular weight excluding hydrogens is 366 g/mol. The number of pyridine rings is 1. The number of amides is 2. The van der Waals surface area contributed by atoms with Crippen LogP contribution in [0.15, 0.2) is 46.4 Å². The van der Waals surface area contributed by atoms with Gasteiger partial charge in [-0.3, -0.25) is 14.6 Å². The Morgan fingerprint density at radius 2 is 1.93 bits per heavy atom. The van der Waals surface area contributed by atoms with Crippen LogP contribution in [0.4, 0.5) is 0 Å². The van der Waals surface area contributed by atoms with Gasteiger partial charge in [-0.25, -0.2) is 0 Å². The first-order valence-corrected chi connectivity index (χ1v) is 8.98. The minimum Gasteiger partial charge on any atom is -0.355 e. The number of nitrogens with zero attached hydrogens (tertiary/aromatic N) is 3. The van der Waals surface area contributed by atoms with Crippen molar-refractivity contribution >= 4 is 23.2 Å². The van der Waals surface area contributed by atoms with Crippen molar-refractivity contribution in [2.45, 2.75) is 6.42 Å². The maximum absolute atomic E-state index is 12.1. The van der Waals surface area contributed by atoms with Crippen LogP contribution >= 0.6 is 11.3 Å². The van der Waals surface area contributed by atoms with Crippen LogP contribution in [0, 0.1) is 11.3 Å². The molecule has 9 heteroatoms. The van der Waals surface area contributed by atoms with Crippen molar-refractivity contribution in [2.75, 3.05) is 13.1 Å². The molecule has 3 rings (SSSR count). The fourth-order valence-electron chi connectivity index (χ4n) is 2.21. The molecule has 136 valence electrons. The van der Waals surface area contributed by atoms with Gasteiger partial charge < -0.3 is 15.2 Å². The molecule has 0 unspecified atom stereocenters. The van der Waals surface area contributed by atoms with Crippen LogP contribution in [-0.2, 0) is 0 Å². The highest BCUT2D eigenvalue weighted by Gasteiger charge is 2.14. The number of aromatic nitrogens is 2. The lowest BCUT2D eigenvalue weighted by molar-refractivity contribution is 0.0944. The van der Waals surface area contributed by atoms with Gasteiger partial charge in [0.2, 0.25) is 0 Å². The first-order valence-electron chi connectivity index (χ1n) is 8.10. The van der Waals surface area contributed by atoms with Gasteiger partial charge in [-0.2, -0.15) is 5.26 Å². The molecule has 0 aliphatic rings. The Bertz CT molecular complexity index is 975. The topological polar surface area (TPSA) is 121 Å². The van der Waals surface area contributed by atoms with E-state index in [0.29, 0.717) is 30.8 Å². The summed E-state index contributed by atoms with van der Waals surface area (Å²) in [6.07, 6.45) is 1.95. The van der Waals surface area contributed by atoms with Gasteiger partial charge in [0.15, 0.2) is 11.5 Å². The Hall–Kier alpha value is -3.51. The number of hydrogen-bond donors (Lipinski definition) is 2. The number of thiophene rings is 1. The summed E-state index contributed by atoms with van der Waals surface area (Å²) in [7, 11) is 0. The van der Waals surface area contributed by atoms with Gasteiger partial charge in [0.25, 0.3) is 11.8 Å². The van der Waals surface area contributed by atoms with Gasteiger partial charge in [-0.1, -0.05) is 11.2 Å². The molecule has 3 aromatic heterocycles. The van der Waals surface area contributed by atoms with E-state index < -0.39 is 0 Å². The number of carbonyl (C=O) groups excluding carboxylic acids is 2. The average molecular weight is 381 g/mol. The van der Waals surface area contributed by atoms with Crippen molar-refractivity contribution in [2.24, 2.45) is 0 Å². The third-order valence-electron chi connectivity index (χ3n) is 3.55. The minimum absolute atomic E-state index is 0.182. The fraction of sp³-hybridized carbons (Fsp3) is 0.167. The zero-order valence-electron chi connectivity index (χ0n) is 14.1. The smallest absolute Gasteiger partial charge is 0.273 e. The third kappa shape index (κ3) is 4.77. The molecule has 0 aromatic carbocycles. The van der Waals surface area contributed by atoms with Gasteiger partial charge >= 0.3 is 0 Å². The molecular formula is C18H15N5O3S. The van der Waals surface area contributed by atoms with Crippen molar-refractivity contribution in [3.05, 3.63) is 58.9 Å². The normalized spacial score (nSPS) is 10.2. The van der Waals surface area contributed by atoms with Gasteiger partial charge in [0, 0.05) is 25.4 Å². The second-order valence-electron chi connectivity index (χ2n) is 5.46. The van der Waals surface area contributed by atoms with E-state index in [-0.39, 0.29) is 23.2 Å². The molecule has 2 amide bonds. The Morgan fingerprint density at radius 3 is 2.63 bits per heavy atom. The monoisotopic (exact) mass is 381 g/mol. The molecule has 0 fully saturated rings. The number of nitrogens with one attached hydrogen (secondary N) is 2. The highest BCUT2D eigenvalue weighted by atomic mass is 32.1. The van der Waals surface area contributed by atoms with E-state index >= 15 is 0 Å². The van der Waals surface area contributed by atoms with Gasteiger partial charge in [-0.15, -0.1) is 11.3 Å². The van der Waals surface area contributed by atoms with Crippen LogP contribution in [0.5, 0.6) is 0 Å². The first kappa shape index (κ1) is 18.3. The minimum atomic E-state index is -0.365. The zero-order valence-corrected chi connectivity index (χ0v) is 15.0. The first-order chi connectivity index (χ1) is 13.2. The molecule has 0 saturated carbocycles. The van der Waals surface area contributed by atoms with E-state index in [1.54, 1.807) is 6.07 Å². The Kier molecular flexibility index (Phi) is 5.91. The summed E-state index contributed by atoms with van der Waals surface area (Å²) >= 11 is 1.50. The maximum Gasteiger partial charge on any atom is 0.273 e. The van der Waals surface area contributed by atoms with Crippen molar-refractivity contribution < 1.29 is 14.1 Å². The summed E-state index contributed by atoms with van der Waals surface area (Å²) in [6, 6.07) is 10.3. The molecule has 0 spiro atoms. The number of carbonyl (C=O) groups is 2. The predicted molar refractivity (Wildman–Crippen MR) is 98.1 cm³/mol. The van der Waals surface area contributed by atoms with E-state index in [2.05, 4.69) is 20.8 Å². The van der Waals surface area contributed by atoms with E-state index in [1.807, 2.05) is 23.6 Å². The number of nitriles is 1. The molecule has 3 heterocycles. The predicted octanol–water partition coefficient (Wildman–Crippen LogP) is 2.22. The van der Waals surface area contributed by atoms with Gasteiger partial charge in [0.05, 0.1) is 16.5 Å². The summed E-state index contributed by atoms with van der Waals surface area (Å²) in [5.41, 5.74) is 0.763. The lowest BCUT2D eigenvalue weighted by Crippen LogP contribution is -2.30. The lowest BCUT2D eigenvalue weighted by atomic mass is 10.2. The standard InChI is InChI=1S/C18H15N5O3S/c19-11-12-4-7-20-13(9-12)17(24)21-5-2-6-22-18(25)14-10-15(26-23-14)16-3-1-8-27-16/h1,3-4,7-10H,2,5-6H2,(H,21,24)(H,22,25). The molecule has 0 aliphatic carbocycles. The van der Waals surface area contributed by atoms with Crippen LogP contribution in [-0.4, -0.2) is 35.0 Å². The van der Waals surface area contributed by atoms with Crippen LogP contribution in [0.25, 0.3) is 10.6 Å². The Balaban J connectivity index is 1.40. The van der Waals surface area contributed by atoms with Gasteiger partial charge in [0.1, 0.15) is 5.69 Å². The average Bonchev–Trinajstić information content (AvgIpc) is 3.39.